The van der Waals surface area contributed by atoms with Crippen LogP contribution in [0, 0.1) is 0 Å². The molecule has 1 saturated heterocycles. The summed E-state index contributed by atoms with van der Waals surface area (Å²) in [6, 6.07) is 3.95. The van der Waals surface area contributed by atoms with Crippen LogP contribution in [0.3, 0.4) is 0 Å². The van der Waals surface area contributed by atoms with Gasteiger partial charge in [0.15, 0.2) is 0 Å². The number of nitrogens with two attached hydrogens (primary N) is 1. The van der Waals surface area contributed by atoms with E-state index in [1.54, 1.807) is 6.20 Å². The van der Waals surface area contributed by atoms with E-state index in [2.05, 4.69) is 23.7 Å². The van der Waals surface area contributed by atoms with Crippen molar-refractivity contribution in [2.45, 2.75) is 26.0 Å². The Morgan fingerprint density at radius 3 is 3.06 bits per heavy atom. The maximum atomic E-state index is 5.70. The molecule has 1 aliphatic rings. The lowest BCUT2D eigenvalue weighted by Crippen LogP contribution is -2.47. The Hall–Kier alpha value is -1.04. The van der Waals surface area contributed by atoms with Gasteiger partial charge in [-0.05, 0) is 25.5 Å². The number of nitrogens with zero attached hydrogens (tertiary/aromatic N) is 2. The Balaban J connectivity index is 2.12. The van der Waals surface area contributed by atoms with Gasteiger partial charge in [-0.25, -0.2) is 0 Å². The highest BCUT2D eigenvalue weighted by molar-refractivity contribution is 7.80. The second-order valence-corrected chi connectivity index (χ2v) is 5.63. The first-order valence-electron chi connectivity index (χ1n) is 6.08. The second-order valence-electron chi connectivity index (χ2n) is 5.19. The highest BCUT2D eigenvalue weighted by Gasteiger charge is 2.27. The van der Waals surface area contributed by atoms with Gasteiger partial charge in [-0.3, -0.25) is 9.88 Å². The number of pyridine rings is 1. The maximum Gasteiger partial charge on any atom is 0.123 e. The average Bonchev–Trinajstić information content (AvgIpc) is 2.28. The van der Waals surface area contributed by atoms with Crippen molar-refractivity contribution in [2.24, 2.45) is 5.73 Å². The Morgan fingerprint density at radius 1 is 1.61 bits per heavy atom. The lowest BCUT2D eigenvalue weighted by atomic mass is 10.1. The van der Waals surface area contributed by atoms with Crippen LogP contribution < -0.4 is 5.73 Å². The van der Waals surface area contributed by atoms with E-state index in [-0.39, 0.29) is 5.60 Å². The number of rotatable bonds is 3. The van der Waals surface area contributed by atoms with Gasteiger partial charge in [0.05, 0.1) is 12.2 Å². The van der Waals surface area contributed by atoms with Crippen molar-refractivity contribution in [2.75, 3.05) is 19.7 Å². The van der Waals surface area contributed by atoms with Crippen molar-refractivity contribution >= 4 is 17.2 Å². The van der Waals surface area contributed by atoms with Gasteiger partial charge in [0.2, 0.25) is 0 Å². The molecule has 0 aromatic carbocycles. The third kappa shape index (κ3) is 3.25. The van der Waals surface area contributed by atoms with Crippen LogP contribution in [0.1, 0.15) is 25.1 Å². The van der Waals surface area contributed by atoms with E-state index in [0.717, 1.165) is 37.5 Å². The predicted octanol–water partition coefficient (Wildman–Crippen LogP) is 1.33. The first-order chi connectivity index (χ1) is 8.48. The van der Waals surface area contributed by atoms with Gasteiger partial charge in [-0.1, -0.05) is 18.3 Å². The number of aromatic nitrogens is 1. The minimum absolute atomic E-state index is 0.0934. The van der Waals surface area contributed by atoms with Crippen molar-refractivity contribution in [3.05, 3.63) is 29.6 Å². The summed E-state index contributed by atoms with van der Waals surface area (Å²) in [7, 11) is 0. The topological polar surface area (TPSA) is 51.4 Å². The fourth-order valence-corrected chi connectivity index (χ4v) is 2.46. The smallest absolute Gasteiger partial charge is 0.123 e. The monoisotopic (exact) mass is 265 g/mol. The number of morpholine rings is 1. The van der Waals surface area contributed by atoms with Gasteiger partial charge in [0.25, 0.3) is 0 Å². The molecule has 2 N–H and O–H groups in total. The van der Waals surface area contributed by atoms with Crippen LogP contribution in [0.25, 0.3) is 0 Å². The Labute approximate surface area is 113 Å². The van der Waals surface area contributed by atoms with Crippen LogP contribution in [0.4, 0.5) is 0 Å². The number of hydrogen-bond donors (Lipinski definition) is 1. The molecule has 0 bridgehead atoms. The Morgan fingerprint density at radius 2 is 2.39 bits per heavy atom. The first-order valence-corrected chi connectivity index (χ1v) is 6.49. The standard InChI is InChI=1S/C13H19N3OS/c1-13(2)9-16(6-7-17-13)8-10-4-3-5-15-11(10)12(14)18/h3-5H,6-9H2,1-2H3,(H2,14,18). The molecule has 0 unspecified atom stereocenters. The molecule has 0 atom stereocenters. The third-order valence-electron chi connectivity index (χ3n) is 3.02. The third-order valence-corrected chi connectivity index (χ3v) is 3.22. The van der Waals surface area contributed by atoms with E-state index in [4.69, 9.17) is 22.7 Å². The lowest BCUT2D eigenvalue weighted by Gasteiger charge is -2.38. The van der Waals surface area contributed by atoms with Gasteiger partial charge < -0.3 is 10.5 Å². The molecular formula is C13H19N3OS. The lowest BCUT2D eigenvalue weighted by molar-refractivity contribution is -0.0883. The normalized spacial score (nSPS) is 19.7. The van der Waals surface area contributed by atoms with Crippen molar-refractivity contribution < 1.29 is 4.74 Å². The van der Waals surface area contributed by atoms with Crippen molar-refractivity contribution in [3.8, 4) is 0 Å². The molecule has 5 heteroatoms. The molecule has 4 nitrogen and oxygen atoms in total. The van der Waals surface area contributed by atoms with E-state index in [0.29, 0.717) is 4.99 Å². The van der Waals surface area contributed by atoms with Crippen LogP contribution in [0.15, 0.2) is 18.3 Å². The molecule has 1 aliphatic heterocycles. The summed E-state index contributed by atoms with van der Waals surface area (Å²) in [5.74, 6) is 0. The quantitative estimate of drug-likeness (QED) is 0.836. The summed E-state index contributed by atoms with van der Waals surface area (Å²) >= 11 is 5.03. The number of hydrogen-bond acceptors (Lipinski definition) is 4. The van der Waals surface area contributed by atoms with Crippen LogP contribution in [0.5, 0.6) is 0 Å². The van der Waals surface area contributed by atoms with Gasteiger partial charge in [-0.2, -0.15) is 0 Å². The zero-order valence-corrected chi connectivity index (χ0v) is 11.7. The predicted molar refractivity (Wildman–Crippen MR) is 75.4 cm³/mol. The zero-order valence-electron chi connectivity index (χ0n) is 10.8. The summed E-state index contributed by atoms with van der Waals surface area (Å²) in [5, 5.41) is 0. The van der Waals surface area contributed by atoms with Crippen molar-refractivity contribution in [1.29, 1.82) is 0 Å². The van der Waals surface area contributed by atoms with Crippen molar-refractivity contribution in [1.82, 2.24) is 9.88 Å². The molecule has 2 rings (SSSR count). The van der Waals surface area contributed by atoms with Gasteiger partial charge >= 0.3 is 0 Å². The number of ether oxygens (including phenoxy) is 1. The van der Waals surface area contributed by atoms with E-state index in [1.165, 1.54) is 0 Å². The highest BCUT2D eigenvalue weighted by Crippen LogP contribution is 2.19. The zero-order chi connectivity index (χ0) is 13.2. The molecule has 0 saturated carbocycles. The van der Waals surface area contributed by atoms with Gasteiger partial charge in [0, 0.05) is 25.8 Å². The summed E-state index contributed by atoms with van der Waals surface area (Å²) < 4.78 is 5.70. The van der Waals surface area contributed by atoms with E-state index < -0.39 is 0 Å². The van der Waals surface area contributed by atoms with E-state index in [1.807, 2.05) is 12.1 Å². The van der Waals surface area contributed by atoms with Crippen LogP contribution in [-0.2, 0) is 11.3 Å². The van der Waals surface area contributed by atoms with Gasteiger partial charge in [-0.15, -0.1) is 0 Å². The first kappa shape index (κ1) is 13.4. The Kier molecular flexibility index (Phi) is 3.94. The number of thiocarbonyl (C=S) groups is 1. The molecule has 0 amide bonds. The second kappa shape index (κ2) is 5.30. The fraction of sp³-hybridized carbons (Fsp3) is 0.538. The van der Waals surface area contributed by atoms with Crippen LogP contribution >= 0.6 is 12.2 Å². The largest absolute Gasteiger partial charge is 0.388 e. The molecule has 1 aromatic rings. The molecule has 98 valence electrons. The molecule has 1 fully saturated rings. The summed E-state index contributed by atoms with van der Waals surface area (Å²) in [6.07, 6.45) is 1.72. The minimum atomic E-state index is -0.0934. The summed E-state index contributed by atoms with van der Waals surface area (Å²) in [4.78, 5) is 6.96. The minimum Gasteiger partial charge on any atom is -0.388 e. The Bertz CT molecular complexity index is 448. The van der Waals surface area contributed by atoms with Crippen molar-refractivity contribution in [3.63, 3.8) is 0 Å². The molecule has 0 spiro atoms. The molecule has 0 radical (unpaired) electrons. The van der Waals surface area contributed by atoms with Crippen LogP contribution in [0.2, 0.25) is 0 Å². The van der Waals surface area contributed by atoms with Gasteiger partial charge in [0.1, 0.15) is 10.7 Å². The van der Waals surface area contributed by atoms with E-state index >= 15 is 0 Å². The maximum absolute atomic E-state index is 5.70. The van der Waals surface area contributed by atoms with Crippen LogP contribution in [-0.4, -0.2) is 40.2 Å². The molecule has 1 aromatic heterocycles. The molecule has 18 heavy (non-hydrogen) atoms. The molecular weight excluding hydrogens is 246 g/mol. The van der Waals surface area contributed by atoms with E-state index in [9.17, 15) is 0 Å². The summed E-state index contributed by atoms with van der Waals surface area (Å²) in [5.41, 5.74) is 7.42. The molecule has 0 aliphatic carbocycles. The molecule has 2 heterocycles. The highest BCUT2D eigenvalue weighted by atomic mass is 32.1. The SMILES string of the molecule is CC1(C)CN(Cc2cccnc2C(N)=S)CCO1. The summed E-state index contributed by atoms with van der Waals surface area (Å²) in [6.45, 7) is 7.62. The average molecular weight is 265 g/mol. The fourth-order valence-electron chi connectivity index (χ4n) is 2.28.